The van der Waals surface area contributed by atoms with Crippen molar-refractivity contribution in [2.24, 2.45) is 5.84 Å². The third-order valence-electron chi connectivity index (χ3n) is 2.83. The second-order valence-electron chi connectivity index (χ2n) is 4.07. The molecule has 1 unspecified atom stereocenters. The van der Waals surface area contributed by atoms with Gasteiger partial charge >= 0.3 is 0 Å². The molecular weight excluding hydrogens is 356 g/mol. The summed E-state index contributed by atoms with van der Waals surface area (Å²) < 4.78 is 2.16. The van der Waals surface area contributed by atoms with Gasteiger partial charge in [0.1, 0.15) is 0 Å². The van der Waals surface area contributed by atoms with Crippen LogP contribution in [0.15, 0.2) is 57.5 Å². The van der Waals surface area contributed by atoms with E-state index in [1.54, 1.807) is 0 Å². The molecule has 0 heterocycles. The molecule has 18 heavy (non-hydrogen) atoms. The molecule has 3 N–H and O–H groups in total. The van der Waals surface area contributed by atoms with Gasteiger partial charge in [0, 0.05) is 8.95 Å². The van der Waals surface area contributed by atoms with Gasteiger partial charge in [0.05, 0.1) is 6.04 Å². The second-order valence-corrected chi connectivity index (χ2v) is 5.84. The first kappa shape index (κ1) is 13.7. The van der Waals surface area contributed by atoms with E-state index < -0.39 is 0 Å². The van der Waals surface area contributed by atoms with Crippen molar-refractivity contribution in [3.63, 3.8) is 0 Å². The Morgan fingerprint density at radius 3 is 2.28 bits per heavy atom. The molecule has 0 aliphatic heterocycles. The number of nitrogens with one attached hydrogen (secondary N) is 1. The fraction of sp³-hybridized carbons (Fsp3) is 0.143. The molecule has 2 nitrogen and oxygen atoms in total. The van der Waals surface area contributed by atoms with Gasteiger partial charge in [0.25, 0.3) is 0 Å². The van der Waals surface area contributed by atoms with Crippen LogP contribution in [0.1, 0.15) is 17.2 Å². The molecule has 0 radical (unpaired) electrons. The summed E-state index contributed by atoms with van der Waals surface area (Å²) in [6.07, 6.45) is 0.854. The lowest BCUT2D eigenvalue weighted by atomic mass is 9.99. The SMILES string of the molecule is NNC(Cc1ccc(Br)cc1)c1ccccc1Br. The first-order valence-corrected chi connectivity index (χ1v) is 7.24. The molecule has 0 spiro atoms. The third-order valence-corrected chi connectivity index (χ3v) is 4.09. The van der Waals surface area contributed by atoms with E-state index in [1.807, 2.05) is 30.3 Å². The molecule has 0 saturated heterocycles. The molecule has 2 rings (SSSR count). The zero-order chi connectivity index (χ0) is 13.0. The number of rotatable bonds is 4. The molecule has 0 aliphatic rings. The molecule has 4 heteroatoms. The number of hydrogen-bond donors (Lipinski definition) is 2. The van der Waals surface area contributed by atoms with E-state index in [4.69, 9.17) is 5.84 Å². The lowest BCUT2D eigenvalue weighted by molar-refractivity contribution is 0.550. The van der Waals surface area contributed by atoms with Crippen LogP contribution in [-0.2, 0) is 6.42 Å². The van der Waals surface area contributed by atoms with Crippen molar-refractivity contribution in [3.8, 4) is 0 Å². The van der Waals surface area contributed by atoms with Crippen molar-refractivity contribution < 1.29 is 0 Å². The van der Waals surface area contributed by atoms with Crippen LogP contribution < -0.4 is 11.3 Å². The molecule has 0 amide bonds. The quantitative estimate of drug-likeness (QED) is 0.632. The van der Waals surface area contributed by atoms with E-state index in [9.17, 15) is 0 Å². The minimum atomic E-state index is 0.0988. The van der Waals surface area contributed by atoms with Crippen LogP contribution >= 0.6 is 31.9 Å². The highest BCUT2D eigenvalue weighted by molar-refractivity contribution is 9.10. The zero-order valence-electron chi connectivity index (χ0n) is 9.74. The molecule has 0 fully saturated rings. The first-order valence-electron chi connectivity index (χ1n) is 5.65. The first-order chi connectivity index (χ1) is 8.70. The standard InChI is InChI=1S/C14H14Br2N2/c15-11-7-5-10(6-8-11)9-14(18-17)12-3-1-2-4-13(12)16/h1-8,14,18H,9,17H2. The summed E-state index contributed by atoms with van der Waals surface area (Å²) in [7, 11) is 0. The fourth-order valence-corrected chi connectivity index (χ4v) is 2.70. The van der Waals surface area contributed by atoms with E-state index in [-0.39, 0.29) is 6.04 Å². The summed E-state index contributed by atoms with van der Waals surface area (Å²) in [5, 5.41) is 0. The van der Waals surface area contributed by atoms with Gasteiger partial charge in [-0.05, 0) is 35.7 Å². The normalized spacial score (nSPS) is 12.4. The topological polar surface area (TPSA) is 38.0 Å². The van der Waals surface area contributed by atoms with E-state index in [0.29, 0.717) is 0 Å². The number of nitrogens with two attached hydrogens (primary N) is 1. The summed E-state index contributed by atoms with van der Waals surface area (Å²) in [5.41, 5.74) is 5.30. The van der Waals surface area contributed by atoms with E-state index >= 15 is 0 Å². The Hall–Kier alpha value is -0.680. The minimum Gasteiger partial charge on any atom is -0.271 e. The van der Waals surface area contributed by atoms with Crippen molar-refractivity contribution in [2.45, 2.75) is 12.5 Å². The molecule has 2 aromatic carbocycles. The van der Waals surface area contributed by atoms with Crippen molar-refractivity contribution in [1.29, 1.82) is 0 Å². The molecule has 0 aliphatic carbocycles. The van der Waals surface area contributed by atoms with Crippen molar-refractivity contribution >= 4 is 31.9 Å². The molecule has 0 bridgehead atoms. The van der Waals surface area contributed by atoms with Crippen LogP contribution in [0.25, 0.3) is 0 Å². The summed E-state index contributed by atoms with van der Waals surface area (Å²) in [6, 6.07) is 16.5. The summed E-state index contributed by atoms with van der Waals surface area (Å²) in [6.45, 7) is 0. The van der Waals surface area contributed by atoms with Crippen molar-refractivity contribution in [3.05, 3.63) is 68.6 Å². The molecule has 0 aromatic heterocycles. The van der Waals surface area contributed by atoms with Gasteiger partial charge in [0.15, 0.2) is 0 Å². The second kappa shape index (κ2) is 6.48. The zero-order valence-corrected chi connectivity index (χ0v) is 12.9. The Morgan fingerprint density at radius 1 is 1.00 bits per heavy atom. The van der Waals surface area contributed by atoms with Crippen molar-refractivity contribution in [2.75, 3.05) is 0 Å². The van der Waals surface area contributed by atoms with Gasteiger partial charge in [-0.25, -0.2) is 0 Å². The van der Waals surface area contributed by atoms with E-state index in [1.165, 1.54) is 11.1 Å². The van der Waals surface area contributed by atoms with Gasteiger partial charge in [0.2, 0.25) is 0 Å². The average molecular weight is 370 g/mol. The Morgan fingerprint density at radius 2 is 1.67 bits per heavy atom. The Labute approximate surface area is 124 Å². The Bertz CT molecular complexity index is 511. The van der Waals surface area contributed by atoms with Crippen LogP contribution in [0, 0.1) is 0 Å². The number of hydrogen-bond acceptors (Lipinski definition) is 2. The highest BCUT2D eigenvalue weighted by atomic mass is 79.9. The molecule has 0 saturated carbocycles. The van der Waals surface area contributed by atoms with E-state index in [2.05, 4.69) is 55.5 Å². The fourth-order valence-electron chi connectivity index (χ4n) is 1.87. The lowest BCUT2D eigenvalue weighted by Gasteiger charge is -2.18. The Balaban J connectivity index is 2.20. The molecule has 94 valence electrons. The van der Waals surface area contributed by atoms with Gasteiger partial charge < -0.3 is 0 Å². The summed E-state index contributed by atoms with van der Waals surface area (Å²) in [5.74, 6) is 5.67. The molecular formula is C14H14Br2N2. The Kier molecular flexibility index (Phi) is 4.95. The third kappa shape index (κ3) is 3.42. The van der Waals surface area contributed by atoms with Gasteiger partial charge in [-0.15, -0.1) is 0 Å². The van der Waals surface area contributed by atoms with Crippen LogP contribution in [0.2, 0.25) is 0 Å². The predicted molar refractivity (Wildman–Crippen MR) is 82.1 cm³/mol. The smallest absolute Gasteiger partial charge is 0.0511 e. The van der Waals surface area contributed by atoms with E-state index in [0.717, 1.165) is 15.4 Å². The largest absolute Gasteiger partial charge is 0.271 e. The maximum absolute atomic E-state index is 5.67. The van der Waals surface area contributed by atoms with Crippen molar-refractivity contribution in [1.82, 2.24) is 5.43 Å². The van der Waals surface area contributed by atoms with Gasteiger partial charge in [-0.3, -0.25) is 11.3 Å². The average Bonchev–Trinajstić information content (AvgIpc) is 2.39. The van der Waals surface area contributed by atoms with Crippen LogP contribution in [0.4, 0.5) is 0 Å². The lowest BCUT2D eigenvalue weighted by Crippen LogP contribution is -2.29. The maximum atomic E-state index is 5.67. The predicted octanol–water partition coefficient (Wildman–Crippen LogP) is 3.96. The highest BCUT2D eigenvalue weighted by Gasteiger charge is 2.13. The monoisotopic (exact) mass is 368 g/mol. The highest BCUT2D eigenvalue weighted by Crippen LogP contribution is 2.25. The minimum absolute atomic E-state index is 0.0988. The van der Waals surface area contributed by atoms with Gasteiger partial charge in [-0.2, -0.15) is 0 Å². The van der Waals surface area contributed by atoms with Crippen LogP contribution in [-0.4, -0.2) is 0 Å². The number of benzene rings is 2. The summed E-state index contributed by atoms with van der Waals surface area (Å²) in [4.78, 5) is 0. The summed E-state index contributed by atoms with van der Waals surface area (Å²) >= 11 is 7.00. The molecule has 2 aromatic rings. The van der Waals surface area contributed by atoms with Crippen LogP contribution in [0.3, 0.4) is 0 Å². The maximum Gasteiger partial charge on any atom is 0.0511 e. The number of halogens is 2. The molecule has 1 atom stereocenters. The number of hydrazine groups is 1. The van der Waals surface area contributed by atoms with Gasteiger partial charge in [-0.1, -0.05) is 62.2 Å². The van der Waals surface area contributed by atoms with Crippen LogP contribution in [0.5, 0.6) is 0 Å².